The Morgan fingerprint density at radius 1 is 1.27 bits per heavy atom. The summed E-state index contributed by atoms with van der Waals surface area (Å²) in [6.45, 7) is 6.73. The van der Waals surface area contributed by atoms with Gasteiger partial charge in [-0.3, -0.25) is 4.79 Å². The molecule has 0 bridgehead atoms. The molecule has 1 unspecified atom stereocenters. The van der Waals surface area contributed by atoms with Gasteiger partial charge in [-0.25, -0.2) is 0 Å². The van der Waals surface area contributed by atoms with E-state index in [-0.39, 0.29) is 5.92 Å². The topological polar surface area (TPSA) is 17.1 Å². The van der Waals surface area contributed by atoms with E-state index < -0.39 is 8.07 Å². The summed E-state index contributed by atoms with van der Waals surface area (Å²) in [6, 6.07) is 0. The van der Waals surface area contributed by atoms with E-state index in [1.54, 1.807) is 0 Å². The quantitative estimate of drug-likeness (QED) is 0.377. The average molecular weight is 222 g/mol. The molecule has 1 fully saturated rings. The number of rotatable bonds is 1. The van der Waals surface area contributed by atoms with Crippen LogP contribution in [0, 0.1) is 17.4 Å². The lowest BCUT2D eigenvalue weighted by atomic mass is 9.96. The lowest BCUT2D eigenvalue weighted by Gasteiger charge is -2.09. The fourth-order valence-electron chi connectivity index (χ4n) is 1.89. The van der Waals surface area contributed by atoms with E-state index in [0.29, 0.717) is 5.78 Å². The van der Waals surface area contributed by atoms with Gasteiger partial charge in [0.1, 0.15) is 13.9 Å². The van der Waals surface area contributed by atoms with Crippen LogP contribution in [0.1, 0.15) is 38.5 Å². The Morgan fingerprint density at radius 3 is 2.67 bits per heavy atom. The van der Waals surface area contributed by atoms with Crippen LogP contribution in [0.25, 0.3) is 0 Å². The van der Waals surface area contributed by atoms with E-state index >= 15 is 0 Å². The zero-order chi connectivity index (χ0) is 11.3. The fourth-order valence-corrected chi connectivity index (χ4v) is 2.52. The molecule has 1 rings (SSSR count). The van der Waals surface area contributed by atoms with Gasteiger partial charge in [-0.1, -0.05) is 32.5 Å². The predicted molar refractivity (Wildman–Crippen MR) is 67.3 cm³/mol. The SMILES string of the molecule is C[Si](C)(C)C#CCC1CCCCCC1=O. The molecular formula is C13H22OSi. The third kappa shape index (κ3) is 5.18. The van der Waals surface area contributed by atoms with Crippen LogP contribution < -0.4 is 0 Å². The summed E-state index contributed by atoms with van der Waals surface area (Å²) in [5, 5.41) is 0. The van der Waals surface area contributed by atoms with Crippen molar-refractivity contribution in [2.75, 3.05) is 0 Å². The normalized spacial score (nSPS) is 22.9. The monoisotopic (exact) mass is 222 g/mol. The smallest absolute Gasteiger partial charge is 0.136 e. The molecular weight excluding hydrogens is 200 g/mol. The molecule has 0 radical (unpaired) electrons. The van der Waals surface area contributed by atoms with Crippen LogP contribution >= 0.6 is 0 Å². The Bertz CT molecular complexity index is 277. The molecule has 2 heteroatoms. The lowest BCUT2D eigenvalue weighted by Crippen LogP contribution is -2.17. The highest BCUT2D eigenvalue weighted by molar-refractivity contribution is 6.83. The van der Waals surface area contributed by atoms with E-state index in [0.717, 1.165) is 25.7 Å². The Labute approximate surface area is 94.7 Å². The number of Topliss-reactive ketones (excluding diaryl/α,β-unsaturated/α-hetero) is 1. The van der Waals surface area contributed by atoms with E-state index in [9.17, 15) is 4.79 Å². The molecule has 0 aliphatic heterocycles. The van der Waals surface area contributed by atoms with Gasteiger partial charge in [0.25, 0.3) is 0 Å². The zero-order valence-corrected chi connectivity index (χ0v) is 11.2. The molecule has 1 atom stereocenters. The summed E-state index contributed by atoms with van der Waals surface area (Å²) in [5.41, 5.74) is 3.35. The Balaban J connectivity index is 2.48. The predicted octanol–water partition coefficient (Wildman–Crippen LogP) is 3.41. The molecule has 1 saturated carbocycles. The van der Waals surface area contributed by atoms with Gasteiger partial charge in [-0.05, 0) is 12.8 Å². The Kier molecular flexibility index (Phi) is 4.60. The van der Waals surface area contributed by atoms with Crippen molar-refractivity contribution in [1.29, 1.82) is 0 Å². The fraction of sp³-hybridized carbons (Fsp3) is 0.769. The largest absolute Gasteiger partial charge is 0.299 e. The van der Waals surface area contributed by atoms with Crippen LogP contribution in [-0.4, -0.2) is 13.9 Å². The van der Waals surface area contributed by atoms with E-state index in [1.165, 1.54) is 12.8 Å². The second-order valence-corrected chi connectivity index (χ2v) is 10.3. The maximum absolute atomic E-state index is 11.7. The van der Waals surface area contributed by atoms with Crippen molar-refractivity contribution in [2.24, 2.45) is 5.92 Å². The summed E-state index contributed by atoms with van der Waals surface area (Å²) in [4.78, 5) is 11.7. The van der Waals surface area contributed by atoms with Gasteiger partial charge in [0.15, 0.2) is 0 Å². The summed E-state index contributed by atoms with van der Waals surface area (Å²) < 4.78 is 0. The molecule has 0 aromatic carbocycles. The summed E-state index contributed by atoms with van der Waals surface area (Å²) in [7, 11) is -1.25. The van der Waals surface area contributed by atoms with Crippen molar-refractivity contribution in [3.63, 3.8) is 0 Å². The molecule has 1 aliphatic rings. The van der Waals surface area contributed by atoms with Crippen molar-refractivity contribution in [1.82, 2.24) is 0 Å². The molecule has 0 aromatic heterocycles. The van der Waals surface area contributed by atoms with Crippen molar-refractivity contribution in [3.8, 4) is 11.5 Å². The van der Waals surface area contributed by atoms with Crippen LogP contribution in [0.15, 0.2) is 0 Å². The van der Waals surface area contributed by atoms with Gasteiger partial charge in [0, 0.05) is 18.8 Å². The van der Waals surface area contributed by atoms with Gasteiger partial charge in [0.05, 0.1) is 0 Å². The minimum atomic E-state index is -1.25. The average Bonchev–Trinajstić information content (AvgIpc) is 2.30. The molecule has 0 amide bonds. The second kappa shape index (κ2) is 5.51. The van der Waals surface area contributed by atoms with Crippen molar-refractivity contribution in [3.05, 3.63) is 0 Å². The summed E-state index contributed by atoms with van der Waals surface area (Å²) in [6.07, 6.45) is 6.20. The lowest BCUT2D eigenvalue weighted by molar-refractivity contribution is -0.122. The van der Waals surface area contributed by atoms with Crippen LogP contribution in [-0.2, 0) is 4.79 Å². The minimum absolute atomic E-state index is 0.247. The molecule has 0 heterocycles. The first-order valence-corrected chi connectivity index (χ1v) is 9.52. The maximum Gasteiger partial charge on any atom is 0.136 e. The number of hydrogen-bond donors (Lipinski definition) is 0. The molecule has 0 aromatic rings. The third-order valence-electron chi connectivity index (χ3n) is 2.74. The first kappa shape index (κ1) is 12.5. The molecule has 15 heavy (non-hydrogen) atoms. The van der Waals surface area contributed by atoms with E-state index in [1.807, 2.05) is 0 Å². The van der Waals surface area contributed by atoms with Gasteiger partial charge in [0.2, 0.25) is 0 Å². The first-order chi connectivity index (χ1) is 6.99. The van der Waals surface area contributed by atoms with Crippen molar-refractivity contribution < 1.29 is 4.79 Å². The standard InChI is InChI=1S/C13H22OSi/c1-15(2,3)11-7-9-12-8-5-4-6-10-13(12)14/h12H,4-6,8-10H2,1-3H3. The molecule has 84 valence electrons. The van der Waals surface area contributed by atoms with Crippen molar-refractivity contribution >= 4 is 13.9 Å². The number of ketones is 1. The molecule has 0 saturated heterocycles. The number of carbonyl (C=O) groups excluding carboxylic acids is 1. The van der Waals surface area contributed by atoms with Gasteiger partial charge in [-0.15, -0.1) is 11.5 Å². The van der Waals surface area contributed by atoms with Crippen LogP contribution in [0.4, 0.5) is 0 Å². The molecule has 0 spiro atoms. The van der Waals surface area contributed by atoms with E-state index in [4.69, 9.17) is 0 Å². The summed E-state index contributed by atoms with van der Waals surface area (Å²) in [5.74, 6) is 3.95. The zero-order valence-electron chi connectivity index (χ0n) is 10.2. The molecule has 1 nitrogen and oxygen atoms in total. The first-order valence-electron chi connectivity index (χ1n) is 6.02. The number of carbonyl (C=O) groups is 1. The van der Waals surface area contributed by atoms with Crippen LogP contribution in [0.5, 0.6) is 0 Å². The minimum Gasteiger partial charge on any atom is -0.299 e. The number of hydrogen-bond acceptors (Lipinski definition) is 1. The second-order valence-electron chi connectivity index (χ2n) is 5.52. The van der Waals surface area contributed by atoms with Gasteiger partial charge >= 0.3 is 0 Å². The van der Waals surface area contributed by atoms with Crippen molar-refractivity contribution in [2.45, 2.75) is 58.2 Å². The van der Waals surface area contributed by atoms with Crippen LogP contribution in [0.3, 0.4) is 0 Å². The summed E-state index contributed by atoms with van der Waals surface area (Å²) >= 11 is 0. The van der Waals surface area contributed by atoms with E-state index in [2.05, 4.69) is 31.1 Å². The Hall–Kier alpha value is -0.553. The highest BCUT2D eigenvalue weighted by Crippen LogP contribution is 2.22. The highest BCUT2D eigenvalue weighted by Gasteiger charge is 2.19. The molecule has 0 N–H and O–H groups in total. The third-order valence-corrected chi connectivity index (χ3v) is 3.67. The van der Waals surface area contributed by atoms with Gasteiger partial charge in [-0.2, -0.15) is 0 Å². The van der Waals surface area contributed by atoms with Crippen LogP contribution in [0.2, 0.25) is 19.6 Å². The highest BCUT2D eigenvalue weighted by atomic mass is 28.3. The molecule has 1 aliphatic carbocycles. The maximum atomic E-state index is 11.7. The Morgan fingerprint density at radius 2 is 2.00 bits per heavy atom. The van der Waals surface area contributed by atoms with Gasteiger partial charge < -0.3 is 0 Å².